The standard InChI is InChI=1S/C15H15FN4O/c16-10-3-1-4-11(7-10)20-15(21)14-9-18-13(8-19-14)12-5-2-6-17-12/h1,3-4,7-9,12,17H,2,5-6H2,(H,20,21). The third kappa shape index (κ3) is 3.22. The lowest BCUT2D eigenvalue weighted by atomic mass is 10.2. The number of rotatable bonds is 3. The molecule has 1 fully saturated rings. The molecule has 1 saturated heterocycles. The van der Waals surface area contributed by atoms with E-state index in [0.29, 0.717) is 5.69 Å². The normalized spacial score (nSPS) is 17.7. The largest absolute Gasteiger partial charge is 0.321 e. The summed E-state index contributed by atoms with van der Waals surface area (Å²) in [6.45, 7) is 0.980. The van der Waals surface area contributed by atoms with Gasteiger partial charge in [0.15, 0.2) is 0 Å². The molecular formula is C15H15FN4O. The second-order valence-electron chi connectivity index (χ2n) is 4.94. The second-order valence-corrected chi connectivity index (χ2v) is 4.94. The molecule has 0 aliphatic carbocycles. The Hall–Kier alpha value is -2.34. The summed E-state index contributed by atoms with van der Waals surface area (Å²) in [5.74, 6) is -0.805. The van der Waals surface area contributed by atoms with Crippen molar-refractivity contribution in [3.8, 4) is 0 Å². The molecule has 6 heteroatoms. The van der Waals surface area contributed by atoms with Gasteiger partial charge in [0, 0.05) is 5.69 Å². The maximum absolute atomic E-state index is 13.1. The number of hydrogen-bond acceptors (Lipinski definition) is 4. The number of anilines is 1. The summed E-state index contributed by atoms with van der Waals surface area (Å²) in [4.78, 5) is 20.4. The van der Waals surface area contributed by atoms with E-state index in [1.54, 1.807) is 12.3 Å². The van der Waals surface area contributed by atoms with Crippen molar-refractivity contribution in [1.29, 1.82) is 0 Å². The van der Waals surface area contributed by atoms with Gasteiger partial charge in [-0.3, -0.25) is 9.78 Å². The average Bonchev–Trinajstić information content (AvgIpc) is 3.01. The zero-order chi connectivity index (χ0) is 14.7. The Labute approximate surface area is 121 Å². The second kappa shape index (κ2) is 5.97. The summed E-state index contributed by atoms with van der Waals surface area (Å²) in [6, 6.07) is 5.94. The van der Waals surface area contributed by atoms with Crippen LogP contribution in [-0.4, -0.2) is 22.4 Å². The van der Waals surface area contributed by atoms with Gasteiger partial charge in [-0.05, 0) is 37.6 Å². The maximum atomic E-state index is 13.1. The number of halogens is 1. The van der Waals surface area contributed by atoms with Crippen LogP contribution in [0.4, 0.5) is 10.1 Å². The van der Waals surface area contributed by atoms with Gasteiger partial charge in [0.1, 0.15) is 11.5 Å². The van der Waals surface area contributed by atoms with Crippen LogP contribution >= 0.6 is 0 Å². The molecule has 0 radical (unpaired) electrons. The van der Waals surface area contributed by atoms with E-state index < -0.39 is 11.7 Å². The Kier molecular flexibility index (Phi) is 3.87. The van der Waals surface area contributed by atoms with E-state index in [2.05, 4.69) is 20.6 Å². The summed E-state index contributed by atoms with van der Waals surface area (Å²) >= 11 is 0. The molecule has 1 aromatic carbocycles. The molecule has 108 valence electrons. The molecule has 2 aromatic rings. The summed E-state index contributed by atoms with van der Waals surface area (Å²) < 4.78 is 13.1. The first-order valence-corrected chi connectivity index (χ1v) is 6.84. The zero-order valence-electron chi connectivity index (χ0n) is 11.3. The van der Waals surface area contributed by atoms with Gasteiger partial charge in [0.2, 0.25) is 0 Å². The van der Waals surface area contributed by atoms with E-state index in [9.17, 15) is 9.18 Å². The maximum Gasteiger partial charge on any atom is 0.275 e. The Morgan fingerprint density at radius 2 is 2.24 bits per heavy atom. The van der Waals surface area contributed by atoms with Crippen LogP contribution in [0.2, 0.25) is 0 Å². The molecule has 1 aliphatic heterocycles. The van der Waals surface area contributed by atoms with Gasteiger partial charge < -0.3 is 10.6 Å². The van der Waals surface area contributed by atoms with E-state index in [4.69, 9.17) is 0 Å². The minimum Gasteiger partial charge on any atom is -0.321 e. The molecule has 0 bridgehead atoms. The van der Waals surface area contributed by atoms with Crippen molar-refractivity contribution in [2.45, 2.75) is 18.9 Å². The SMILES string of the molecule is O=C(Nc1cccc(F)c1)c1cnc(C2CCCN2)cn1. The van der Waals surface area contributed by atoms with Crippen LogP contribution < -0.4 is 10.6 Å². The van der Waals surface area contributed by atoms with Crippen LogP contribution in [0.15, 0.2) is 36.7 Å². The van der Waals surface area contributed by atoms with E-state index in [1.165, 1.54) is 24.4 Å². The fourth-order valence-electron chi connectivity index (χ4n) is 2.33. The molecule has 2 heterocycles. The lowest BCUT2D eigenvalue weighted by Gasteiger charge is -2.09. The fourth-order valence-corrected chi connectivity index (χ4v) is 2.33. The lowest BCUT2D eigenvalue weighted by molar-refractivity contribution is 0.102. The van der Waals surface area contributed by atoms with Gasteiger partial charge in [0.25, 0.3) is 5.91 Å². The summed E-state index contributed by atoms with van der Waals surface area (Å²) in [5, 5.41) is 5.91. The van der Waals surface area contributed by atoms with E-state index in [-0.39, 0.29) is 11.7 Å². The molecule has 3 rings (SSSR count). The topological polar surface area (TPSA) is 66.9 Å². The van der Waals surface area contributed by atoms with Gasteiger partial charge in [0.05, 0.1) is 24.1 Å². The van der Waals surface area contributed by atoms with Crippen LogP contribution in [0.1, 0.15) is 35.1 Å². The summed E-state index contributed by atoms with van der Waals surface area (Å²) in [6.07, 6.45) is 5.21. The van der Waals surface area contributed by atoms with Crippen molar-refractivity contribution in [2.75, 3.05) is 11.9 Å². The lowest BCUT2D eigenvalue weighted by Crippen LogP contribution is -2.17. The third-order valence-corrected chi connectivity index (χ3v) is 3.40. The Bertz CT molecular complexity index is 638. The van der Waals surface area contributed by atoms with Crippen molar-refractivity contribution in [3.63, 3.8) is 0 Å². The highest BCUT2D eigenvalue weighted by molar-refractivity contribution is 6.02. The molecule has 1 unspecified atom stereocenters. The minimum absolute atomic E-state index is 0.209. The molecule has 1 aromatic heterocycles. The number of carbonyl (C=O) groups excluding carboxylic acids is 1. The van der Waals surface area contributed by atoms with Gasteiger partial charge in [-0.2, -0.15) is 0 Å². The molecule has 0 spiro atoms. The number of nitrogens with one attached hydrogen (secondary N) is 2. The monoisotopic (exact) mass is 286 g/mol. The van der Waals surface area contributed by atoms with Crippen LogP contribution in [0.3, 0.4) is 0 Å². The van der Waals surface area contributed by atoms with Gasteiger partial charge in [-0.15, -0.1) is 0 Å². The first kappa shape index (κ1) is 13.6. The molecule has 5 nitrogen and oxygen atoms in total. The number of carbonyl (C=O) groups is 1. The van der Waals surface area contributed by atoms with Crippen LogP contribution in [-0.2, 0) is 0 Å². The van der Waals surface area contributed by atoms with Crippen LogP contribution in [0.5, 0.6) is 0 Å². The molecule has 1 amide bonds. The Morgan fingerprint density at radius 1 is 1.33 bits per heavy atom. The van der Waals surface area contributed by atoms with Gasteiger partial charge in [-0.1, -0.05) is 6.07 Å². The highest BCUT2D eigenvalue weighted by Crippen LogP contribution is 2.20. The van der Waals surface area contributed by atoms with Crippen molar-refractivity contribution in [3.05, 3.63) is 53.9 Å². The van der Waals surface area contributed by atoms with Crippen LogP contribution in [0, 0.1) is 5.82 Å². The average molecular weight is 286 g/mol. The first-order chi connectivity index (χ1) is 10.2. The molecule has 21 heavy (non-hydrogen) atoms. The number of aromatic nitrogens is 2. The van der Waals surface area contributed by atoms with Gasteiger partial charge in [-0.25, -0.2) is 9.37 Å². The Morgan fingerprint density at radius 3 is 2.90 bits per heavy atom. The predicted octanol–water partition coefficient (Wildman–Crippen LogP) is 2.29. The molecule has 1 atom stereocenters. The highest BCUT2D eigenvalue weighted by Gasteiger charge is 2.18. The number of benzene rings is 1. The summed E-state index contributed by atoms with van der Waals surface area (Å²) in [5.41, 5.74) is 1.44. The zero-order valence-corrected chi connectivity index (χ0v) is 11.3. The number of hydrogen-bond donors (Lipinski definition) is 2. The van der Waals surface area contributed by atoms with Crippen molar-refractivity contribution in [2.24, 2.45) is 0 Å². The Balaban J connectivity index is 1.70. The first-order valence-electron chi connectivity index (χ1n) is 6.84. The molecule has 1 aliphatic rings. The molecule has 0 saturated carbocycles. The van der Waals surface area contributed by atoms with Gasteiger partial charge >= 0.3 is 0 Å². The molecule has 2 N–H and O–H groups in total. The predicted molar refractivity (Wildman–Crippen MR) is 76.4 cm³/mol. The quantitative estimate of drug-likeness (QED) is 0.908. The van der Waals surface area contributed by atoms with E-state index >= 15 is 0 Å². The third-order valence-electron chi connectivity index (χ3n) is 3.40. The van der Waals surface area contributed by atoms with Crippen molar-refractivity contribution in [1.82, 2.24) is 15.3 Å². The van der Waals surface area contributed by atoms with Crippen molar-refractivity contribution >= 4 is 11.6 Å². The molecular weight excluding hydrogens is 271 g/mol. The minimum atomic E-state index is -0.404. The van der Waals surface area contributed by atoms with E-state index in [1.807, 2.05) is 0 Å². The summed E-state index contributed by atoms with van der Waals surface area (Å²) in [7, 11) is 0. The van der Waals surface area contributed by atoms with E-state index in [0.717, 1.165) is 25.1 Å². The van der Waals surface area contributed by atoms with Crippen molar-refractivity contribution < 1.29 is 9.18 Å². The highest BCUT2D eigenvalue weighted by atomic mass is 19.1. The number of amides is 1. The smallest absolute Gasteiger partial charge is 0.275 e. The fraction of sp³-hybridized carbons (Fsp3) is 0.267. The number of nitrogens with zero attached hydrogens (tertiary/aromatic N) is 2. The van der Waals surface area contributed by atoms with Crippen LogP contribution in [0.25, 0.3) is 0 Å².